The Bertz CT molecular complexity index is 1040. The fraction of sp³-hybridized carbons (Fsp3) is 0.524. The third-order valence-corrected chi connectivity index (χ3v) is 7.40. The van der Waals surface area contributed by atoms with Crippen LogP contribution in [-0.4, -0.2) is 60.1 Å². The highest BCUT2D eigenvalue weighted by molar-refractivity contribution is 7.22. The van der Waals surface area contributed by atoms with Gasteiger partial charge in [-0.05, 0) is 42.7 Å². The van der Waals surface area contributed by atoms with Crippen molar-refractivity contribution >= 4 is 44.1 Å². The number of ketones is 1. The molecule has 2 fully saturated rings. The maximum Gasteiger partial charge on any atom is 0.323 e. The van der Waals surface area contributed by atoms with Gasteiger partial charge in [0.25, 0.3) is 0 Å². The van der Waals surface area contributed by atoms with Crippen molar-refractivity contribution in [3.63, 3.8) is 0 Å². The van der Waals surface area contributed by atoms with Crippen LogP contribution in [-0.2, 0) is 9.53 Å². The summed E-state index contributed by atoms with van der Waals surface area (Å²) in [5.74, 6) is 0.542. The number of aromatic nitrogens is 2. The molecule has 0 bridgehead atoms. The van der Waals surface area contributed by atoms with Crippen molar-refractivity contribution in [1.29, 1.82) is 0 Å². The van der Waals surface area contributed by atoms with Gasteiger partial charge in [0.15, 0.2) is 10.9 Å². The third-order valence-electron chi connectivity index (χ3n) is 6.39. The molecule has 9 heteroatoms. The molecule has 158 valence electrons. The second kappa shape index (κ2) is 7.63. The predicted octanol–water partition coefficient (Wildman–Crippen LogP) is 3.48. The number of hydrogen-bond acceptors (Lipinski definition) is 7. The summed E-state index contributed by atoms with van der Waals surface area (Å²) in [6.07, 6.45) is 7.67. The first-order valence-corrected chi connectivity index (χ1v) is 11.1. The number of fused-ring (bicyclic) bond motifs is 1. The Morgan fingerprint density at radius 2 is 2.13 bits per heavy atom. The Labute approximate surface area is 178 Å². The van der Waals surface area contributed by atoms with E-state index in [2.05, 4.69) is 15.3 Å². The zero-order valence-electron chi connectivity index (χ0n) is 16.9. The van der Waals surface area contributed by atoms with Gasteiger partial charge in [-0.2, -0.15) is 0 Å². The minimum atomic E-state index is -0.124. The molecule has 30 heavy (non-hydrogen) atoms. The second-order valence-electron chi connectivity index (χ2n) is 8.23. The number of carbonyl (C=O) groups is 2. The summed E-state index contributed by atoms with van der Waals surface area (Å²) in [5, 5.41) is 3.48. The Hall–Kier alpha value is -2.52. The number of methoxy groups -OCH3 is 1. The van der Waals surface area contributed by atoms with Gasteiger partial charge in [-0.3, -0.25) is 10.1 Å². The predicted molar refractivity (Wildman–Crippen MR) is 114 cm³/mol. The summed E-state index contributed by atoms with van der Waals surface area (Å²) in [4.78, 5) is 35.4. The summed E-state index contributed by atoms with van der Waals surface area (Å²) in [5.41, 5.74) is 2.66. The molecule has 3 aliphatic rings. The molecule has 1 aliphatic carbocycles. The van der Waals surface area contributed by atoms with Crippen molar-refractivity contribution in [3.05, 3.63) is 17.8 Å². The van der Waals surface area contributed by atoms with E-state index in [9.17, 15) is 9.59 Å². The van der Waals surface area contributed by atoms with Gasteiger partial charge in [-0.1, -0.05) is 11.3 Å². The lowest BCUT2D eigenvalue weighted by Crippen LogP contribution is -2.37. The third kappa shape index (κ3) is 3.45. The van der Waals surface area contributed by atoms with E-state index in [0.717, 1.165) is 61.4 Å². The second-order valence-corrected chi connectivity index (χ2v) is 9.23. The summed E-state index contributed by atoms with van der Waals surface area (Å²) in [7, 11) is 1.55. The highest BCUT2D eigenvalue weighted by Crippen LogP contribution is 2.41. The van der Waals surface area contributed by atoms with Crippen molar-refractivity contribution < 1.29 is 19.1 Å². The minimum Gasteiger partial charge on any atom is -0.479 e. The Morgan fingerprint density at radius 1 is 1.30 bits per heavy atom. The molecule has 8 nitrogen and oxygen atoms in total. The molecule has 0 unspecified atom stereocenters. The lowest BCUT2D eigenvalue weighted by molar-refractivity contribution is -0.114. The van der Waals surface area contributed by atoms with Crippen molar-refractivity contribution in [2.24, 2.45) is 5.41 Å². The molecule has 2 aliphatic heterocycles. The number of nitrogens with one attached hydrogen (secondary N) is 1. The van der Waals surface area contributed by atoms with Crippen molar-refractivity contribution in [3.8, 4) is 5.88 Å². The first kappa shape index (κ1) is 19.4. The van der Waals surface area contributed by atoms with Gasteiger partial charge in [0.1, 0.15) is 5.52 Å². The van der Waals surface area contributed by atoms with Gasteiger partial charge in [0.05, 0.1) is 11.8 Å². The van der Waals surface area contributed by atoms with Crippen LogP contribution in [0, 0.1) is 5.41 Å². The number of hydrogen-bond donors (Lipinski definition) is 1. The summed E-state index contributed by atoms with van der Waals surface area (Å²) < 4.78 is 11.7. The van der Waals surface area contributed by atoms with Crippen molar-refractivity contribution in [2.45, 2.75) is 32.1 Å². The first-order valence-electron chi connectivity index (χ1n) is 10.3. The fourth-order valence-corrected chi connectivity index (χ4v) is 5.61. The number of ether oxygens (including phenoxy) is 2. The monoisotopic (exact) mass is 428 g/mol. The maximum absolute atomic E-state index is 12.9. The van der Waals surface area contributed by atoms with Crippen LogP contribution in [0.4, 0.5) is 9.93 Å². The van der Waals surface area contributed by atoms with E-state index in [-0.39, 0.29) is 17.2 Å². The highest BCUT2D eigenvalue weighted by Gasteiger charge is 2.41. The first-order chi connectivity index (χ1) is 14.6. The number of likely N-dealkylation sites (tertiary alicyclic amines) is 1. The van der Waals surface area contributed by atoms with E-state index in [4.69, 9.17) is 9.47 Å². The standard InChI is InChI=1S/C21H24N4O4S/c1-28-18-16-17(15(11-22-18)13-2-3-14(26)10-13)30-19(23-16)24-20(27)25-7-4-21(12-25)5-8-29-9-6-21/h10-11H,2-9,12H2,1H3,(H,23,24,27). The number of thiazole rings is 1. The Morgan fingerprint density at radius 3 is 2.87 bits per heavy atom. The number of nitrogens with zero attached hydrogens (tertiary/aromatic N) is 3. The summed E-state index contributed by atoms with van der Waals surface area (Å²) in [6, 6.07) is -0.124. The molecule has 0 saturated carbocycles. The fourth-order valence-electron chi connectivity index (χ4n) is 4.62. The molecule has 2 saturated heterocycles. The van der Waals surface area contributed by atoms with Crippen molar-refractivity contribution in [1.82, 2.24) is 14.9 Å². The smallest absolute Gasteiger partial charge is 0.323 e. The van der Waals surface area contributed by atoms with Crippen LogP contribution in [0.15, 0.2) is 12.3 Å². The molecular weight excluding hydrogens is 404 g/mol. The topological polar surface area (TPSA) is 93.6 Å². The van der Waals surface area contributed by atoms with Crippen LogP contribution in [0.2, 0.25) is 0 Å². The number of pyridine rings is 1. The lowest BCUT2D eigenvalue weighted by atomic mass is 9.80. The van der Waals surface area contributed by atoms with Gasteiger partial charge < -0.3 is 14.4 Å². The van der Waals surface area contributed by atoms with Crippen LogP contribution in [0.5, 0.6) is 5.88 Å². The highest BCUT2D eigenvalue weighted by atomic mass is 32.1. The molecule has 0 aromatic carbocycles. The van der Waals surface area contributed by atoms with Gasteiger partial charge in [-0.25, -0.2) is 14.8 Å². The number of allylic oxidation sites excluding steroid dienone is 2. The zero-order chi connectivity index (χ0) is 20.7. The molecule has 2 aromatic rings. The van der Waals surface area contributed by atoms with Gasteiger partial charge >= 0.3 is 6.03 Å². The molecule has 4 heterocycles. The van der Waals surface area contributed by atoms with E-state index < -0.39 is 0 Å². The SMILES string of the molecule is COc1ncc(C2=CC(=O)CC2)c2sc(NC(=O)N3CCC4(CCOCC4)C3)nc12. The van der Waals surface area contributed by atoms with E-state index >= 15 is 0 Å². The van der Waals surface area contributed by atoms with Crippen LogP contribution < -0.4 is 10.1 Å². The molecule has 1 spiro atoms. The molecule has 5 rings (SSSR count). The van der Waals surface area contributed by atoms with Crippen LogP contribution >= 0.6 is 11.3 Å². The quantitative estimate of drug-likeness (QED) is 0.804. The maximum atomic E-state index is 12.9. The van der Waals surface area contributed by atoms with Crippen LogP contribution in [0.25, 0.3) is 15.8 Å². The zero-order valence-corrected chi connectivity index (χ0v) is 17.7. The van der Waals surface area contributed by atoms with Gasteiger partial charge in [0.2, 0.25) is 5.88 Å². The number of anilines is 1. The van der Waals surface area contributed by atoms with Crippen LogP contribution in [0.1, 0.15) is 37.7 Å². The van der Waals surface area contributed by atoms with E-state index in [1.807, 2.05) is 4.90 Å². The number of urea groups is 1. The number of rotatable bonds is 3. The Kier molecular flexibility index (Phi) is 4.94. The van der Waals surface area contributed by atoms with Gasteiger partial charge in [0, 0.05) is 44.5 Å². The molecule has 0 radical (unpaired) electrons. The normalized spacial score (nSPS) is 20.8. The van der Waals surface area contributed by atoms with Crippen molar-refractivity contribution in [2.75, 3.05) is 38.7 Å². The summed E-state index contributed by atoms with van der Waals surface area (Å²) in [6.45, 7) is 3.07. The minimum absolute atomic E-state index is 0.124. The van der Waals surface area contributed by atoms with E-state index in [1.165, 1.54) is 11.3 Å². The lowest BCUT2D eigenvalue weighted by Gasteiger charge is -2.33. The Balaban J connectivity index is 1.39. The average molecular weight is 429 g/mol. The average Bonchev–Trinajstić information content (AvgIpc) is 3.47. The van der Waals surface area contributed by atoms with Gasteiger partial charge in [-0.15, -0.1) is 0 Å². The molecule has 2 amide bonds. The molecular formula is C21H24N4O4S. The largest absolute Gasteiger partial charge is 0.479 e. The summed E-state index contributed by atoms with van der Waals surface area (Å²) >= 11 is 1.39. The van der Waals surface area contributed by atoms with Crippen LogP contribution in [0.3, 0.4) is 0 Å². The molecule has 0 atom stereocenters. The number of carbonyl (C=O) groups excluding carboxylic acids is 2. The number of amides is 2. The molecule has 1 N–H and O–H groups in total. The molecule has 2 aromatic heterocycles. The van der Waals surface area contributed by atoms with E-state index in [0.29, 0.717) is 29.4 Å². The van der Waals surface area contributed by atoms with E-state index in [1.54, 1.807) is 19.4 Å².